The number of nitriles is 1. The molecular formula is C26H20BrF2N5O4. The highest BCUT2D eigenvalue weighted by Gasteiger charge is 2.43. The van der Waals surface area contributed by atoms with E-state index in [-0.39, 0.29) is 17.2 Å². The summed E-state index contributed by atoms with van der Waals surface area (Å²) in [4.78, 5) is 17.3. The van der Waals surface area contributed by atoms with Crippen molar-refractivity contribution < 1.29 is 27.5 Å². The molecule has 9 nitrogen and oxygen atoms in total. The van der Waals surface area contributed by atoms with E-state index in [2.05, 4.69) is 40.8 Å². The van der Waals surface area contributed by atoms with Gasteiger partial charge < -0.3 is 19.2 Å². The van der Waals surface area contributed by atoms with Gasteiger partial charge in [0.25, 0.3) is 5.91 Å². The number of nitrogens with one attached hydrogen (secondary N) is 1. The topological polar surface area (TPSA) is 115 Å². The number of alkyl halides is 2. The molecule has 0 spiro atoms. The quantitative estimate of drug-likeness (QED) is 0.314. The number of hydrogen-bond donors (Lipinski definition) is 1. The Morgan fingerprint density at radius 3 is 2.61 bits per heavy atom. The van der Waals surface area contributed by atoms with Gasteiger partial charge in [-0.15, -0.1) is 8.78 Å². The Bertz CT molecular complexity index is 1640. The standard InChI is InChI=1S/C26H20BrF2N5O4/c1-13-31-22(14-5-8-20-21(9-14)38-26(28,29)37-20)23(36-13)17-10-15(27)6-7-16(17)19-11-18(33-34(19)4)24(35)32-25(2,3)12-30/h5-11H,1-4H3,(H,32,35). The van der Waals surface area contributed by atoms with Gasteiger partial charge in [-0.05, 0) is 50.2 Å². The van der Waals surface area contributed by atoms with Gasteiger partial charge in [0.05, 0.1) is 11.8 Å². The smallest absolute Gasteiger partial charge is 0.440 e. The van der Waals surface area contributed by atoms with Crippen LogP contribution in [-0.4, -0.2) is 32.5 Å². The fourth-order valence-electron chi connectivity index (χ4n) is 4.04. The van der Waals surface area contributed by atoms with Crippen LogP contribution in [0, 0.1) is 18.3 Å². The molecule has 0 saturated carbocycles. The first-order valence-corrected chi connectivity index (χ1v) is 12.1. The van der Waals surface area contributed by atoms with Crippen LogP contribution < -0.4 is 14.8 Å². The van der Waals surface area contributed by atoms with Crippen LogP contribution in [0.15, 0.2) is 51.4 Å². The first-order valence-electron chi connectivity index (χ1n) is 11.3. The Hall–Kier alpha value is -4.24. The van der Waals surface area contributed by atoms with Crippen molar-refractivity contribution in [3.63, 3.8) is 0 Å². The molecule has 1 aliphatic heterocycles. The first-order chi connectivity index (χ1) is 17.9. The Labute approximate surface area is 224 Å². The maximum Gasteiger partial charge on any atom is 0.586 e. The van der Waals surface area contributed by atoms with Gasteiger partial charge in [0.1, 0.15) is 11.2 Å². The molecule has 1 amide bonds. The number of fused-ring (bicyclic) bond motifs is 1. The number of nitrogens with zero attached hydrogens (tertiary/aromatic N) is 4. The summed E-state index contributed by atoms with van der Waals surface area (Å²) in [5.74, 6) is 0.0421. The van der Waals surface area contributed by atoms with E-state index in [1.54, 1.807) is 44.6 Å². The Kier molecular flexibility index (Phi) is 5.99. The molecule has 3 heterocycles. The number of hydrogen-bond acceptors (Lipinski definition) is 7. The summed E-state index contributed by atoms with van der Waals surface area (Å²) in [6.07, 6.45) is -3.74. The summed E-state index contributed by atoms with van der Waals surface area (Å²) in [5.41, 5.74) is 1.82. The Morgan fingerprint density at radius 2 is 1.87 bits per heavy atom. The van der Waals surface area contributed by atoms with Crippen molar-refractivity contribution in [1.82, 2.24) is 20.1 Å². The molecule has 0 bridgehead atoms. The largest absolute Gasteiger partial charge is 0.586 e. The monoisotopic (exact) mass is 583 g/mol. The fraction of sp³-hybridized carbons (Fsp3) is 0.231. The number of rotatable bonds is 5. The number of aromatic nitrogens is 3. The van der Waals surface area contributed by atoms with Crippen molar-refractivity contribution in [2.45, 2.75) is 32.6 Å². The van der Waals surface area contributed by atoms with Crippen LogP contribution in [0.3, 0.4) is 0 Å². The maximum atomic E-state index is 13.6. The highest BCUT2D eigenvalue weighted by Crippen LogP contribution is 2.45. The van der Waals surface area contributed by atoms with Gasteiger partial charge in [0.2, 0.25) is 0 Å². The number of carbonyl (C=O) groups is 1. The summed E-state index contributed by atoms with van der Waals surface area (Å²) < 4.78 is 44.6. The van der Waals surface area contributed by atoms with Crippen molar-refractivity contribution in [3.8, 4) is 51.4 Å². The van der Waals surface area contributed by atoms with Crippen molar-refractivity contribution in [2.75, 3.05) is 0 Å². The second kappa shape index (κ2) is 8.95. The van der Waals surface area contributed by atoms with Crippen molar-refractivity contribution in [1.29, 1.82) is 5.26 Å². The lowest BCUT2D eigenvalue weighted by Gasteiger charge is -2.16. The van der Waals surface area contributed by atoms with Gasteiger partial charge in [-0.2, -0.15) is 10.4 Å². The Balaban J connectivity index is 1.60. The number of ether oxygens (including phenoxy) is 2. The Morgan fingerprint density at radius 1 is 1.13 bits per heavy atom. The van der Waals surface area contributed by atoms with Crippen LogP contribution in [0.4, 0.5) is 8.78 Å². The van der Waals surface area contributed by atoms with E-state index in [9.17, 15) is 18.8 Å². The minimum absolute atomic E-state index is 0.0797. The van der Waals surface area contributed by atoms with Crippen LogP contribution in [0.2, 0.25) is 0 Å². The number of benzene rings is 2. The molecule has 2 aromatic carbocycles. The van der Waals surface area contributed by atoms with Gasteiger partial charge in [-0.3, -0.25) is 9.48 Å². The van der Waals surface area contributed by atoms with Crippen molar-refractivity contribution in [3.05, 3.63) is 58.5 Å². The molecule has 0 aliphatic carbocycles. The SMILES string of the molecule is Cc1nc(-c2ccc3c(c2)OC(F)(F)O3)c(-c2cc(Br)ccc2-c2cc(C(=O)NC(C)(C)C#N)nn2C)o1. The second-order valence-electron chi connectivity index (χ2n) is 9.16. The number of halogens is 3. The summed E-state index contributed by atoms with van der Waals surface area (Å²) in [6.45, 7) is 4.86. The van der Waals surface area contributed by atoms with E-state index in [0.717, 1.165) is 4.47 Å². The van der Waals surface area contributed by atoms with Gasteiger partial charge in [-0.1, -0.05) is 22.0 Å². The van der Waals surface area contributed by atoms with Crippen LogP contribution in [0.1, 0.15) is 30.2 Å². The molecule has 0 radical (unpaired) electrons. The average Bonchev–Trinajstić information content (AvgIpc) is 3.51. The van der Waals surface area contributed by atoms with Gasteiger partial charge in [0, 0.05) is 35.1 Å². The molecule has 12 heteroatoms. The second-order valence-corrected chi connectivity index (χ2v) is 10.1. The minimum atomic E-state index is -3.74. The third kappa shape index (κ3) is 4.72. The molecule has 1 aliphatic rings. The molecule has 0 unspecified atom stereocenters. The normalized spacial score (nSPS) is 13.8. The molecule has 1 N–H and O–H groups in total. The molecule has 38 heavy (non-hydrogen) atoms. The molecule has 0 saturated heterocycles. The first kappa shape index (κ1) is 25.4. The molecule has 4 aromatic rings. The summed E-state index contributed by atoms with van der Waals surface area (Å²) >= 11 is 3.50. The van der Waals surface area contributed by atoms with Crippen LogP contribution in [0.25, 0.3) is 33.8 Å². The summed E-state index contributed by atoms with van der Waals surface area (Å²) in [7, 11) is 1.69. The predicted octanol–water partition coefficient (Wildman–Crippen LogP) is 5.83. The zero-order chi connectivity index (χ0) is 27.4. The van der Waals surface area contributed by atoms with E-state index in [1.807, 2.05) is 24.3 Å². The minimum Gasteiger partial charge on any atom is -0.440 e. The van der Waals surface area contributed by atoms with E-state index in [4.69, 9.17) is 4.42 Å². The van der Waals surface area contributed by atoms with Crippen molar-refractivity contribution in [2.24, 2.45) is 7.05 Å². The van der Waals surface area contributed by atoms with E-state index < -0.39 is 17.7 Å². The van der Waals surface area contributed by atoms with E-state index in [0.29, 0.717) is 39.7 Å². The predicted molar refractivity (Wildman–Crippen MR) is 135 cm³/mol. The third-order valence-electron chi connectivity index (χ3n) is 5.73. The zero-order valence-electron chi connectivity index (χ0n) is 20.6. The lowest BCUT2D eigenvalue weighted by molar-refractivity contribution is -0.286. The summed E-state index contributed by atoms with van der Waals surface area (Å²) in [6, 6.07) is 13.5. The highest BCUT2D eigenvalue weighted by molar-refractivity contribution is 9.10. The van der Waals surface area contributed by atoms with Crippen LogP contribution >= 0.6 is 15.9 Å². The van der Waals surface area contributed by atoms with Crippen LogP contribution in [-0.2, 0) is 7.05 Å². The fourth-order valence-corrected chi connectivity index (χ4v) is 4.40. The van der Waals surface area contributed by atoms with E-state index >= 15 is 0 Å². The lowest BCUT2D eigenvalue weighted by Crippen LogP contribution is -2.42. The number of aryl methyl sites for hydroxylation is 2. The van der Waals surface area contributed by atoms with Gasteiger partial charge in [0.15, 0.2) is 28.8 Å². The molecule has 0 fully saturated rings. The molecular weight excluding hydrogens is 564 g/mol. The third-order valence-corrected chi connectivity index (χ3v) is 6.22. The lowest BCUT2D eigenvalue weighted by atomic mass is 9.98. The maximum absolute atomic E-state index is 13.6. The number of carbonyl (C=O) groups excluding carboxylic acids is 1. The van der Waals surface area contributed by atoms with E-state index in [1.165, 1.54) is 12.1 Å². The van der Waals surface area contributed by atoms with Crippen LogP contribution in [0.5, 0.6) is 11.5 Å². The number of oxazole rings is 1. The average molecular weight is 584 g/mol. The molecule has 2 aromatic heterocycles. The zero-order valence-corrected chi connectivity index (χ0v) is 22.2. The number of amides is 1. The van der Waals surface area contributed by atoms with Crippen molar-refractivity contribution >= 4 is 21.8 Å². The highest BCUT2D eigenvalue weighted by atomic mass is 79.9. The summed E-state index contributed by atoms with van der Waals surface area (Å²) in [5, 5.41) is 16.2. The van der Waals surface area contributed by atoms with Gasteiger partial charge >= 0.3 is 6.29 Å². The van der Waals surface area contributed by atoms with Gasteiger partial charge in [-0.25, -0.2) is 4.98 Å². The molecule has 194 valence electrons. The molecule has 5 rings (SSSR count). The molecule has 0 atom stereocenters.